The maximum absolute atomic E-state index is 8.86. The van der Waals surface area contributed by atoms with Gasteiger partial charge in [-0.25, -0.2) is 4.98 Å². The Morgan fingerprint density at radius 3 is 2.36 bits per heavy atom. The van der Waals surface area contributed by atoms with Crippen LogP contribution in [0.15, 0.2) is 36.5 Å². The highest BCUT2D eigenvalue weighted by molar-refractivity contribution is 6.63. The van der Waals surface area contributed by atoms with Crippen LogP contribution < -0.4 is 15.9 Å². The van der Waals surface area contributed by atoms with Gasteiger partial charge in [0.2, 0.25) is 5.88 Å². The van der Waals surface area contributed by atoms with E-state index in [1.807, 2.05) is 33.8 Å². The summed E-state index contributed by atoms with van der Waals surface area (Å²) in [5.74, 6) is 0.923. The van der Waals surface area contributed by atoms with Gasteiger partial charge in [-0.2, -0.15) is 5.26 Å². The van der Waals surface area contributed by atoms with Crippen molar-refractivity contribution in [3.63, 3.8) is 0 Å². The molecule has 1 fully saturated rings. The van der Waals surface area contributed by atoms with Crippen LogP contribution in [0.3, 0.4) is 0 Å². The Morgan fingerprint density at radius 1 is 1.12 bits per heavy atom. The normalized spacial score (nSPS) is 18.0. The van der Waals surface area contributed by atoms with Crippen LogP contribution in [0.1, 0.15) is 33.3 Å². The Labute approximate surface area is 147 Å². The van der Waals surface area contributed by atoms with E-state index in [1.165, 1.54) is 6.20 Å². The van der Waals surface area contributed by atoms with Gasteiger partial charge in [-0.15, -0.1) is 0 Å². The van der Waals surface area contributed by atoms with E-state index < -0.39 is 18.3 Å². The quantitative estimate of drug-likeness (QED) is 0.684. The minimum atomic E-state index is -0.595. The Balaban J connectivity index is 1.92. The molecule has 0 radical (unpaired) electrons. The fraction of sp³-hybridized carbons (Fsp3) is 0.333. The van der Waals surface area contributed by atoms with Crippen molar-refractivity contribution in [3.05, 3.63) is 42.1 Å². The van der Waals surface area contributed by atoms with Gasteiger partial charge in [-0.05, 0) is 52.0 Å². The van der Waals surface area contributed by atoms with Crippen LogP contribution in [0.25, 0.3) is 0 Å². The summed E-state index contributed by atoms with van der Waals surface area (Å²) in [5.41, 5.74) is 6.77. The highest BCUT2D eigenvalue weighted by atomic mass is 16.7. The zero-order chi connectivity index (χ0) is 18.2. The topological polar surface area (TPSA) is 90.4 Å². The van der Waals surface area contributed by atoms with E-state index in [0.29, 0.717) is 28.3 Å². The SMILES string of the molecule is CC1(C)OB(c2cc(N)ccc2Oc2ccc(C#N)cn2)OC1(C)C. The predicted molar refractivity (Wildman–Crippen MR) is 95.6 cm³/mol. The Kier molecular flexibility index (Phi) is 4.19. The molecule has 3 rings (SSSR count). The third kappa shape index (κ3) is 3.32. The number of nitrogen functional groups attached to an aromatic ring is 1. The molecule has 2 heterocycles. The van der Waals surface area contributed by atoms with Gasteiger partial charge in [0.05, 0.1) is 16.8 Å². The molecule has 0 atom stereocenters. The molecule has 0 aliphatic carbocycles. The average molecular weight is 337 g/mol. The smallest absolute Gasteiger partial charge is 0.439 e. The zero-order valence-corrected chi connectivity index (χ0v) is 14.7. The third-order valence-electron chi connectivity index (χ3n) is 4.62. The molecule has 1 aromatic carbocycles. The van der Waals surface area contributed by atoms with Crippen molar-refractivity contribution in [2.45, 2.75) is 38.9 Å². The first-order chi connectivity index (χ1) is 11.7. The highest BCUT2D eigenvalue weighted by Crippen LogP contribution is 2.37. The van der Waals surface area contributed by atoms with Crippen LogP contribution in [0.4, 0.5) is 5.69 Å². The molecule has 0 amide bonds. The van der Waals surface area contributed by atoms with Crippen molar-refractivity contribution in [1.82, 2.24) is 4.98 Å². The van der Waals surface area contributed by atoms with Crippen molar-refractivity contribution in [3.8, 4) is 17.7 Å². The lowest BCUT2D eigenvalue weighted by Crippen LogP contribution is -2.41. The fourth-order valence-corrected chi connectivity index (χ4v) is 2.43. The molecule has 1 aromatic heterocycles. The molecule has 2 aromatic rings. The van der Waals surface area contributed by atoms with Crippen molar-refractivity contribution in [2.24, 2.45) is 0 Å². The number of pyridine rings is 1. The first-order valence-corrected chi connectivity index (χ1v) is 8.01. The van der Waals surface area contributed by atoms with Crippen molar-refractivity contribution < 1.29 is 14.0 Å². The summed E-state index contributed by atoms with van der Waals surface area (Å²) in [6.45, 7) is 7.95. The maximum atomic E-state index is 8.86. The lowest BCUT2D eigenvalue weighted by atomic mass is 9.78. The summed E-state index contributed by atoms with van der Waals surface area (Å²) < 4.78 is 18.1. The van der Waals surface area contributed by atoms with E-state index in [2.05, 4.69) is 4.98 Å². The minimum Gasteiger partial charge on any atom is -0.439 e. The Hall–Kier alpha value is -2.56. The lowest BCUT2D eigenvalue weighted by molar-refractivity contribution is 0.00578. The van der Waals surface area contributed by atoms with E-state index in [9.17, 15) is 0 Å². The molecule has 0 unspecified atom stereocenters. The van der Waals surface area contributed by atoms with Crippen LogP contribution in [-0.4, -0.2) is 23.3 Å². The fourth-order valence-electron chi connectivity index (χ4n) is 2.43. The largest absolute Gasteiger partial charge is 0.498 e. The zero-order valence-electron chi connectivity index (χ0n) is 14.7. The maximum Gasteiger partial charge on any atom is 0.498 e. The van der Waals surface area contributed by atoms with Gasteiger partial charge in [-0.1, -0.05) is 0 Å². The molecule has 0 spiro atoms. The van der Waals surface area contributed by atoms with Crippen LogP contribution in [-0.2, 0) is 9.31 Å². The number of ether oxygens (including phenoxy) is 1. The summed E-state index contributed by atoms with van der Waals surface area (Å²) in [6, 6.07) is 10.6. The first kappa shape index (κ1) is 17.3. The molecule has 6 nitrogen and oxygen atoms in total. The van der Waals surface area contributed by atoms with E-state index in [4.69, 9.17) is 25.0 Å². The number of benzene rings is 1. The molecular formula is C18H20BN3O3. The van der Waals surface area contributed by atoms with Crippen molar-refractivity contribution in [2.75, 3.05) is 5.73 Å². The summed E-state index contributed by atoms with van der Waals surface area (Å²) in [4.78, 5) is 4.13. The second kappa shape index (κ2) is 6.06. The number of anilines is 1. The lowest BCUT2D eigenvalue weighted by Gasteiger charge is -2.32. The minimum absolute atomic E-state index is 0.376. The summed E-state index contributed by atoms with van der Waals surface area (Å²) in [6.07, 6.45) is 1.46. The van der Waals surface area contributed by atoms with E-state index in [1.54, 1.807) is 30.3 Å². The number of hydrogen-bond acceptors (Lipinski definition) is 6. The number of aromatic nitrogens is 1. The number of nitriles is 1. The number of hydrogen-bond donors (Lipinski definition) is 1. The Morgan fingerprint density at radius 2 is 1.80 bits per heavy atom. The molecule has 0 saturated carbocycles. The summed E-state index contributed by atoms with van der Waals surface area (Å²) in [7, 11) is -0.595. The molecule has 25 heavy (non-hydrogen) atoms. The standard InChI is InChI=1S/C18H20BN3O3/c1-17(2)18(3,4)25-19(24-17)14-9-13(21)6-7-15(14)23-16-8-5-12(10-20)11-22-16/h5-9,11H,21H2,1-4H3. The van der Waals surface area contributed by atoms with Gasteiger partial charge in [0, 0.05) is 23.4 Å². The summed E-state index contributed by atoms with van der Waals surface area (Å²) in [5, 5.41) is 8.86. The number of rotatable bonds is 3. The highest BCUT2D eigenvalue weighted by Gasteiger charge is 2.52. The molecule has 1 aliphatic heterocycles. The third-order valence-corrected chi connectivity index (χ3v) is 4.62. The molecule has 128 valence electrons. The monoisotopic (exact) mass is 337 g/mol. The molecule has 0 bridgehead atoms. The van der Waals surface area contributed by atoms with Gasteiger partial charge in [0.25, 0.3) is 0 Å². The molecule has 7 heteroatoms. The molecular weight excluding hydrogens is 317 g/mol. The van der Waals surface area contributed by atoms with Crippen LogP contribution in [0, 0.1) is 11.3 Å². The van der Waals surface area contributed by atoms with Crippen molar-refractivity contribution >= 4 is 18.3 Å². The average Bonchev–Trinajstić information content (AvgIpc) is 2.78. The van der Waals surface area contributed by atoms with Crippen LogP contribution in [0.2, 0.25) is 0 Å². The van der Waals surface area contributed by atoms with E-state index in [0.717, 1.165) is 0 Å². The summed E-state index contributed by atoms with van der Waals surface area (Å²) >= 11 is 0. The van der Waals surface area contributed by atoms with Gasteiger partial charge in [0.1, 0.15) is 11.8 Å². The van der Waals surface area contributed by atoms with Crippen LogP contribution >= 0.6 is 0 Å². The predicted octanol–water partition coefficient (Wildman–Crippen LogP) is 2.63. The van der Waals surface area contributed by atoms with Crippen molar-refractivity contribution in [1.29, 1.82) is 5.26 Å². The first-order valence-electron chi connectivity index (χ1n) is 8.01. The Bertz CT molecular complexity index is 812. The van der Waals surface area contributed by atoms with Gasteiger partial charge < -0.3 is 19.8 Å². The second-order valence-corrected chi connectivity index (χ2v) is 6.98. The van der Waals surface area contributed by atoms with E-state index >= 15 is 0 Å². The number of nitrogens with zero attached hydrogens (tertiary/aromatic N) is 2. The van der Waals surface area contributed by atoms with Gasteiger partial charge >= 0.3 is 7.12 Å². The number of nitrogens with two attached hydrogens (primary N) is 1. The van der Waals surface area contributed by atoms with E-state index in [-0.39, 0.29) is 0 Å². The molecule has 1 aliphatic rings. The van der Waals surface area contributed by atoms with Gasteiger partial charge in [-0.3, -0.25) is 0 Å². The van der Waals surface area contributed by atoms with Gasteiger partial charge in [0.15, 0.2) is 0 Å². The van der Waals surface area contributed by atoms with Crippen LogP contribution in [0.5, 0.6) is 11.6 Å². The molecule has 1 saturated heterocycles. The molecule has 2 N–H and O–H groups in total. The second-order valence-electron chi connectivity index (χ2n) is 6.98.